The van der Waals surface area contributed by atoms with Gasteiger partial charge < -0.3 is 4.98 Å². The molecule has 0 radical (unpaired) electrons. The number of hydrogen-bond acceptors (Lipinski definition) is 2. The van der Waals surface area contributed by atoms with Crippen molar-refractivity contribution in [3.05, 3.63) is 84.2 Å². The molecule has 0 unspecified atom stereocenters. The smallest absolute Gasteiger partial charge is 0.328 e. The molecule has 0 bridgehead atoms. The third kappa shape index (κ3) is 4.05. The highest BCUT2D eigenvalue weighted by atomic mass is 35.5. The highest BCUT2D eigenvalue weighted by Crippen LogP contribution is 2.26. The lowest BCUT2D eigenvalue weighted by Gasteiger charge is -2.06. The van der Waals surface area contributed by atoms with Crippen molar-refractivity contribution in [2.75, 3.05) is 0 Å². The fourth-order valence-corrected chi connectivity index (χ4v) is 4.38. The standard InChI is InChI=1S/C20H16Cl4N4O/c1-2-28-14(5-11-3-4-12(21)6-15(11)23)9-27(20(28)29)10-18-25-17-8-13(22)7-16(24)19(17)26-18/h3-4,6-9H,2,5,10H2,1H3,(H,25,26). The lowest BCUT2D eigenvalue weighted by Crippen LogP contribution is -2.25. The van der Waals surface area contributed by atoms with Crippen LogP contribution in [0.3, 0.4) is 0 Å². The van der Waals surface area contributed by atoms with E-state index >= 15 is 0 Å². The minimum atomic E-state index is -0.114. The van der Waals surface area contributed by atoms with Crippen LogP contribution in [-0.4, -0.2) is 19.1 Å². The van der Waals surface area contributed by atoms with Gasteiger partial charge in [0.05, 0.1) is 17.1 Å². The SMILES string of the molecule is CCn1c(Cc2ccc(Cl)cc2Cl)cn(Cc2nc3c(Cl)cc(Cl)cc3[nH]2)c1=O. The van der Waals surface area contributed by atoms with E-state index in [4.69, 9.17) is 46.4 Å². The maximum atomic E-state index is 12.9. The van der Waals surface area contributed by atoms with Crippen molar-refractivity contribution in [2.24, 2.45) is 0 Å². The number of aromatic amines is 1. The monoisotopic (exact) mass is 468 g/mol. The predicted molar refractivity (Wildman–Crippen MR) is 119 cm³/mol. The van der Waals surface area contributed by atoms with Crippen LogP contribution in [0, 0.1) is 0 Å². The fourth-order valence-electron chi connectivity index (χ4n) is 3.37. The first-order valence-electron chi connectivity index (χ1n) is 8.92. The lowest BCUT2D eigenvalue weighted by molar-refractivity contribution is 0.646. The molecular formula is C20H16Cl4N4O. The van der Waals surface area contributed by atoms with Gasteiger partial charge in [0.15, 0.2) is 0 Å². The Bertz CT molecular complexity index is 1270. The van der Waals surface area contributed by atoms with E-state index in [0.29, 0.717) is 44.4 Å². The highest BCUT2D eigenvalue weighted by Gasteiger charge is 2.15. The molecule has 29 heavy (non-hydrogen) atoms. The Balaban J connectivity index is 1.68. The molecule has 0 saturated heterocycles. The zero-order valence-corrected chi connectivity index (χ0v) is 18.4. The van der Waals surface area contributed by atoms with E-state index in [9.17, 15) is 4.79 Å². The molecule has 9 heteroatoms. The first-order chi connectivity index (χ1) is 13.9. The summed E-state index contributed by atoms with van der Waals surface area (Å²) in [6, 6.07) is 8.76. The summed E-state index contributed by atoms with van der Waals surface area (Å²) in [5.41, 5.74) is 3.01. The number of rotatable bonds is 5. The molecule has 0 amide bonds. The maximum absolute atomic E-state index is 12.9. The topological polar surface area (TPSA) is 55.6 Å². The molecule has 0 aliphatic carbocycles. The van der Waals surface area contributed by atoms with Gasteiger partial charge in [-0.15, -0.1) is 0 Å². The summed E-state index contributed by atoms with van der Waals surface area (Å²) >= 11 is 24.6. The zero-order valence-electron chi connectivity index (χ0n) is 15.3. The normalized spacial score (nSPS) is 11.5. The van der Waals surface area contributed by atoms with E-state index in [1.165, 1.54) is 0 Å². The van der Waals surface area contributed by atoms with E-state index in [-0.39, 0.29) is 12.2 Å². The average molecular weight is 470 g/mol. The summed E-state index contributed by atoms with van der Waals surface area (Å²) in [4.78, 5) is 20.6. The average Bonchev–Trinajstić information content (AvgIpc) is 3.18. The van der Waals surface area contributed by atoms with Gasteiger partial charge in [-0.25, -0.2) is 9.78 Å². The van der Waals surface area contributed by atoms with Gasteiger partial charge in [-0.05, 0) is 36.8 Å². The quantitative estimate of drug-likeness (QED) is 0.401. The number of H-pyrrole nitrogens is 1. The summed E-state index contributed by atoms with van der Waals surface area (Å²) in [5.74, 6) is 0.621. The third-order valence-corrected chi connectivity index (χ3v) is 5.80. The fraction of sp³-hybridized carbons (Fsp3) is 0.200. The lowest BCUT2D eigenvalue weighted by atomic mass is 10.1. The molecule has 150 valence electrons. The minimum absolute atomic E-state index is 0.114. The molecule has 0 spiro atoms. The summed E-state index contributed by atoms with van der Waals surface area (Å²) in [6.07, 6.45) is 2.35. The van der Waals surface area contributed by atoms with Crippen LogP contribution in [0.15, 0.2) is 41.3 Å². The van der Waals surface area contributed by atoms with E-state index in [0.717, 1.165) is 16.8 Å². The van der Waals surface area contributed by atoms with Gasteiger partial charge in [0.2, 0.25) is 0 Å². The number of nitrogens with zero attached hydrogens (tertiary/aromatic N) is 3. The summed E-state index contributed by atoms with van der Waals surface area (Å²) in [5, 5.41) is 2.14. The number of aromatic nitrogens is 4. The van der Waals surface area contributed by atoms with Crippen LogP contribution >= 0.6 is 46.4 Å². The summed E-state index contributed by atoms with van der Waals surface area (Å²) in [6.45, 7) is 2.77. The molecule has 2 heterocycles. The van der Waals surface area contributed by atoms with Crippen LogP contribution in [0.2, 0.25) is 20.1 Å². The maximum Gasteiger partial charge on any atom is 0.328 e. The first kappa shape index (κ1) is 20.4. The Labute approximate surface area is 186 Å². The van der Waals surface area contributed by atoms with Gasteiger partial charge >= 0.3 is 5.69 Å². The third-order valence-electron chi connectivity index (χ3n) is 4.71. The summed E-state index contributed by atoms with van der Waals surface area (Å²) < 4.78 is 3.34. The van der Waals surface area contributed by atoms with Crippen molar-refractivity contribution in [1.29, 1.82) is 0 Å². The second-order valence-corrected chi connectivity index (χ2v) is 8.34. The van der Waals surface area contributed by atoms with Gasteiger partial charge in [0.25, 0.3) is 0 Å². The van der Waals surface area contributed by atoms with Crippen molar-refractivity contribution in [3.8, 4) is 0 Å². The molecule has 0 atom stereocenters. The van der Waals surface area contributed by atoms with Gasteiger partial charge in [-0.3, -0.25) is 9.13 Å². The number of fused-ring (bicyclic) bond motifs is 1. The van der Waals surface area contributed by atoms with Gasteiger partial charge in [0, 0.05) is 39.9 Å². The van der Waals surface area contributed by atoms with Crippen LogP contribution in [-0.2, 0) is 19.5 Å². The molecule has 0 saturated carbocycles. The van der Waals surface area contributed by atoms with Crippen molar-refractivity contribution in [1.82, 2.24) is 19.1 Å². The van der Waals surface area contributed by atoms with E-state index in [2.05, 4.69) is 9.97 Å². The molecule has 0 fully saturated rings. The number of benzene rings is 2. The molecule has 2 aromatic heterocycles. The van der Waals surface area contributed by atoms with Gasteiger partial charge in [-0.1, -0.05) is 52.5 Å². The second-order valence-electron chi connectivity index (χ2n) is 6.65. The molecule has 5 nitrogen and oxygen atoms in total. The van der Waals surface area contributed by atoms with E-state index in [1.807, 2.05) is 19.2 Å². The van der Waals surface area contributed by atoms with E-state index in [1.54, 1.807) is 33.4 Å². The Morgan fingerprint density at radius 2 is 1.79 bits per heavy atom. The second kappa shape index (κ2) is 8.07. The summed E-state index contributed by atoms with van der Waals surface area (Å²) in [7, 11) is 0. The van der Waals surface area contributed by atoms with Crippen LogP contribution in [0.5, 0.6) is 0 Å². The molecule has 0 aliphatic rings. The Hall–Kier alpha value is -1.92. The number of nitrogens with one attached hydrogen (secondary N) is 1. The van der Waals surface area contributed by atoms with Gasteiger partial charge in [-0.2, -0.15) is 0 Å². The van der Waals surface area contributed by atoms with Crippen molar-refractivity contribution in [2.45, 2.75) is 26.4 Å². The van der Waals surface area contributed by atoms with Crippen molar-refractivity contribution in [3.63, 3.8) is 0 Å². The molecule has 1 N–H and O–H groups in total. The van der Waals surface area contributed by atoms with Crippen LogP contribution in [0.4, 0.5) is 0 Å². The largest absolute Gasteiger partial charge is 0.340 e. The molecular weight excluding hydrogens is 454 g/mol. The predicted octanol–water partition coefficient (Wildman–Crippen LogP) is 5.80. The molecule has 4 rings (SSSR count). The molecule has 0 aliphatic heterocycles. The van der Waals surface area contributed by atoms with Gasteiger partial charge in [0.1, 0.15) is 11.3 Å². The number of halogens is 4. The van der Waals surface area contributed by atoms with Crippen LogP contribution < -0.4 is 5.69 Å². The van der Waals surface area contributed by atoms with Crippen molar-refractivity contribution < 1.29 is 0 Å². The Morgan fingerprint density at radius 1 is 1.03 bits per heavy atom. The van der Waals surface area contributed by atoms with Crippen molar-refractivity contribution >= 4 is 57.4 Å². The molecule has 4 aromatic rings. The van der Waals surface area contributed by atoms with Crippen LogP contribution in [0.1, 0.15) is 24.0 Å². The number of imidazole rings is 2. The number of hydrogen-bond donors (Lipinski definition) is 1. The van der Waals surface area contributed by atoms with Crippen LogP contribution in [0.25, 0.3) is 11.0 Å². The molecule has 2 aromatic carbocycles. The Morgan fingerprint density at radius 3 is 2.52 bits per heavy atom. The Kier molecular flexibility index (Phi) is 5.67. The first-order valence-corrected chi connectivity index (χ1v) is 10.4. The zero-order chi connectivity index (χ0) is 20.7. The highest BCUT2D eigenvalue weighted by molar-refractivity contribution is 6.38. The van der Waals surface area contributed by atoms with E-state index < -0.39 is 0 Å². The minimum Gasteiger partial charge on any atom is -0.340 e.